The van der Waals surface area contributed by atoms with E-state index < -0.39 is 0 Å². The summed E-state index contributed by atoms with van der Waals surface area (Å²) in [4.78, 5) is 38.2. The van der Waals surface area contributed by atoms with Gasteiger partial charge in [0.1, 0.15) is 5.75 Å². The minimum Gasteiger partial charge on any atom is -0.497 e. The van der Waals surface area contributed by atoms with E-state index in [0.717, 1.165) is 35.5 Å². The number of carbonyl (C=O) groups is 2. The number of ether oxygens (including phenoxy) is 1. The Morgan fingerprint density at radius 2 is 1.84 bits per heavy atom. The summed E-state index contributed by atoms with van der Waals surface area (Å²) < 4.78 is 7.15. The minimum absolute atomic E-state index is 0.129. The van der Waals surface area contributed by atoms with Crippen molar-refractivity contribution in [1.82, 2.24) is 14.4 Å². The number of benzene rings is 1. The summed E-state index contributed by atoms with van der Waals surface area (Å²) in [6.07, 6.45) is 1.46. The van der Waals surface area contributed by atoms with Gasteiger partial charge in [-0.2, -0.15) is 0 Å². The van der Waals surface area contributed by atoms with Crippen molar-refractivity contribution in [2.75, 3.05) is 34.3 Å². The third-order valence-corrected chi connectivity index (χ3v) is 6.04. The Bertz CT molecular complexity index is 1000. The predicted octanol–water partition coefficient (Wildman–Crippen LogP) is 1.81. The Hall–Kier alpha value is -3.13. The maximum atomic E-state index is 12.9. The Morgan fingerprint density at radius 1 is 1.16 bits per heavy atom. The summed E-state index contributed by atoms with van der Waals surface area (Å²) in [5.41, 5.74) is 3.04. The van der Waals surface area contributed by atoms with Crippen LogP contribution in [0.3, 0.4) is 0 Å². The first-order valence-electron chi connectivity index (χ1n) is 10.7. The number of nitrogens with zero attached hydrogens (tertiary/aromatic N) is 3. The van der Waals surface area contributed by atoms with Gasteiger partial charge in [-0.1, -0.05) is 18.2 Å². The van der Waals surface area contributed by atoms with E-state index in [1.807, 2.05) is 58.8 Å². The summed E-state index contributed by atoms with van der Waals surface area (Å²) in [5.74, 6) is 1.53. The molecule has 8 heteroatoms. The topological polar surface area (TPSA) is 92.1 Å². The number of aromatic nitrogens is 1. The van der Waals surface area contributed by atoms with Crippen LogP contribution in [0.25, 0.3) is 0 Å². The van der Waals surface area contributed by atoms with Crippen LogP contribution in [0, 0.1) is 5.92 Å². The molecule has 1 aromatic carbocycles. The van der Waals surface area contributed by atoms with Gasteiger partial charge < -0.3 is 24.2 Å². The Morgan fingerprint density at radius 3 is 2.47 bits per heavy atom. The normalized spacial score (nSPS) is 18.9. The average Bonchev–Trinajstić information content (AvgIpc) is 2.76. The number of methoxy groups -OCH3 is 1. The van der Waals surface area contributed by atoms with Crippen LogP contribution in [-0.4, -0.2) is 66.1 Å². The minimum atomic E-state index is -0.250. The SMILES string of the molecule is COc1ccc(CC(=O)N2C[C@@H]3C[C@H](C2)c2ccc(CN(C)C)c(=O)n2C3)cc1.O=CO. The van der Waals surface area contributed by atoms with Crippen LogP contribution >= 0.6 is 0 Å². The Labute approximate surface area is 188 Å². The van der Waals surface area contributed by atoms with Gasteiger partial charge in [0.2, 0.25) is 5.91 Å². The lowest BCUT2D eigenvalue weighted by Gasteiger charge is -2.43. The van der Waals surface area contributed by atoms with Crippen molar-refractivity contribution >= 4 is 12.4 Å². The number of amides is 1. The van der Waals surface area contributed by atoms with E-state index in [1.54, 1.807) is 7.11 Å². The van der Waals surface area contributed by atoms with Crippen LogP contribution in [-0.2, 0) is 29.1 Å². The maximum Gasteiger partial charge on any atom is 0.290 e. The van der Waals surface area contributed by atoms with Crippen molar-refractivity contribution in [1.29, 1.82) is 0 Å². The fraction of sp³-hybridized carbons (Fsp3) is 0.458. The second kappa shape index (κ2) is 10.5. The second-order valence-electron chi connectivity index (χ2n) is 8.66. The molecule has 2 bridgehead atoms. The second-order valence-corrected chi connectivity index (χ2v) is 8.66. The number of piperidine rings is 1. The van der Waals surface area contributed by atoms with Crippen molar-refractivity contribution in [3.8, 4) is 5.75 Å². The first-order valence-corrected chi connectivity index (χ1v) is 10.7. The average molecular weight is 442 g/mol. The molecule has 2 aromatic rings. The summed E-state index contributed by atoms with van der Waals surface area (Å²) >= 11 is 0. The van der Waals surface area contributed by atoms with Gasteiger partial charge in [-0.25, -0.2) is 0 Å². The summed E-state index contributed by atoms with van der Waals surface area (Å²) in [7, 11) is 5.59. The highest BCUT2D eigenvalue weighted by molar-refractivity contribution is 5.79. The van der Waals surface area contributed by atoms with Gasteiger partial charge in [-0.3, -0.25) is 14.4 Å². The van der Waals surface area contributed by atoms with E-state index in [0.29, 0.717) is 32.0 Å². The zero-order valence-electron chi connectivity index (χ0n) is 18.9. The standard InChI is InChI=1S/C23H29N3O3.CH2O2/c1-24(2)14-18-6-9-21-19-10-17(13-26(21)23(18)28)12-25(15-19)22(27)11-16-4-7-20(29-3)8-5-16;2-1-3/h4-9,17,19H,10-15H2,1-3H3;1H,(H,2,3)/t17-,19+;/m0./s1. The molecular weight excluding hydrogens is 410 g/mol. The molecule has 172 valence electrons. The summed E-state index contributed by atoms with van der Waals surface area (Å²) in [6.45, 7) is 2.53. The fourth-order valence-corrected chi connectivity index (χ4v) is 4.69. The van der Waals surface area contributed by atoms with Gasteiger partial charge in [0.15, 0.2) is 0 Å². The van der Waals surface area contributed by atoms with Crippen molar-refractivity contribution in [3.05, 3.63) is 63.6 Å². The van der Waals surface area contributed by atoms with E-state index in [1.165, 1.54) is 0 Å². The molecule has 0 unspecified atom stereocenters. The number of rotatable bonds is 5. The molecule has 0 spiro atoms. The van der Waals surface area contributed by atoms with Gasteiger partial charge in [0.05, 0.1) is 13.5 Å². The van der Waals surface area contributed by atoms with Gasteiger partial charge in [0, 0.05) is 43.4 Å². The summed E-state index contributed by atoms with van der Waals surface area (Å²) in [6, 6.07) is 11.7. The van der Waals surface area contributed by atoms with Crippen LogP contribution in [0.5, 0.6) is 5.75 Å². The van der Waals surface area contributed by atoms with Crippen LogP contribution in [0.4, 0.5) is 0 Å². The Balaban J connectivity index is 0.000000913. The molecule has 0 radical (unpaired) electrons. The zero-order chi connectivity index (χ0) is 23.3. The lowest BCUT2D eigenvalue weighted by molar-refractivity contribution is -0.133. The number of likely N-dealkylation sites (tertiary alicyclic amines) is 1. The molecule has 1 aromatic heterocycles. The van der Waals surface area contributed by atoms with E-state index in [2.05, 4.69) is 6.07 Å². The highest BCUT2D eigenvalue weighted by atomic mass is 16.5. The first-order chi connectivity index (χ1) is 15.4. The molecule has 1 saturated heterocycles. The molecule has 2 aliphatic rings. The number of pyridine rings is 1. The number of carbonyl (C=O) groups excluding carboxylic acids is 1. The maximum absolute atomic E-state index is 12.9. The van der Waals surface area contributed by atoms with Crippen LogP contribution in [0.15, 0.2) is 41.2 Å². The predicted molar refractivity (Wildman–Crippen MR) is 121 cm³/mol. The molecule has 0 saturated carbocycles. The first kappa shape index (κ1) is 23.5. The van der Waals surface area contributed by atoms with Crippen molar-refractivity contribution in [2.24, 2.45) is 5.92 Å². The number of hydrogen-bond acceptors (Lipinski definition) is 5. The lowest BCUT2D eigenvalue weighted by Crippen LogP contribution is -2.49. The third kappa shape index (κ3) is 5.37. The van der Waals surface area contributed by atoms with Crippen molar-refractivity contribution in [3.63, 3.8) is 0 Å². The number of carboxylic acid groups (broad SMARTS) is 1. The molecule has 0 aliphatic carbocycles. The van der Waals surface area contributed by atoms with E-state index in [-0.39, 0.29) is 23.9 Å². The third-order valence-electron chi connectivity index (χ3n) is 6.04. The molecule has 8 nitrogen and oxygen atoms in total. The molecular formula is C24H31N3O5. The lowest BCUT2D eigenvalue weighted by atomic mass is 9.82. The van der Waals surface area contributed by atoms with Crippen LogP contribution in [0.1, 0.15) is 29.2 Å². The van der Waals surface area contributed by atoms with Crippen molar-refractivity contribution in [2.45, 2.75) is 31.8 Å². The van der Waals surface area contributed by atoms with E-state index in [4.69, 9.17) is 14.6 Å². The largest absolute Gasteiger partial charge is 0.497 e. The smallest absolute Gasteiger partial charge is 0.290 e. The van der Waals surface area contributed by atoms with Gasteiger partial charge in [-0.15, -0.1) is 0 Å². The highest BCUT2D eigenvalue weighted by Crippen LogP contribution is 2.35. The molecule has 32 heavy (non-hydrogen) atoms. The van der Waals surface area contributed by atoms with Crippen molar-refractivity contribution < 1.29 is 19.4 Å². The number of fused-ring (bicyclic) bond motifs is 4. The zero-order valence-corrected chi connectivity index (χ0v) is 18.9. The van der Waals surface area contributed by atoms with E-state index in [9.17, 15) is 9.59 Å². The molecule has 3 heterocycles. The molecule has 1 N–H and O–H groups in total. The highest BCUT2D eigenvalue weighted by Gasteiger charge is 2.36. The molecule has 2 atom stereocenters. The number of hydrogen-bond donors (Lipinski definition) is 1. The monoisotopic (exact) mass is 441 g/mol. The Kier molecular flexibility index (Phi) is 7.69. The summed E-state index contributed by atoms with van der Waals surface area (Å²) in [5, 5.41) is 6.89. The molecule has 4 rings (SSSR count). The van der Waals surface area contributed by atoms with Gasteiger partial charge in [-0.05, 0) is 50.2 Å². The fourth-order valence-electron chi connectivity index (χ4n) is 4.69. The van der Waals surface area contributed by atoms with Gasteiger partial charge >= 0.3 is 0 Å². The molecule has 2 aliphatic heterocycles. The quantitative estimate of drug-likeness (QED) is 0.712. The molecule has 1 amide bonds. The van der Waals surface area contributed by atoms with Gasteiger partial charge in [0.25, 0.3) is 12.0 Å². The molecule has 1 fully saturated rings. The van der Waals surface area contributed by atoms with Crippen LogP contribution in [0.2, 0.25) is 0 Å². The van der Waals surface area contributed by atoms with Crippen LogP contribution < -0.4 is 10.3 Å². The van der Waals surface area contributed by atoms with E-state index >= 15 is 0 Å².